The number of carbonyl (C=O) groups is 9. The Bertz CT molecular complexity index is 2840. The number of aliphatic hydroxyl groups is 2. The second kappa shape index (κ2) is 40.7. The minimum atomic E-state index is -0.949. The first-order valence-electron chi connectivity index (χ1n) is 37.9. The quantitative estimate of drug-likeness (QED) is 0.0652. The van der Waals surface area contributed by atoms with Gasteiger partial charge in [-0.15, -0.1) is 0 Å². The Morgan fingerprint density at radius 1 is 0.477 bits per heavy atom. The summed E-state index contributed by atoms with van der Waals surface area (Å²) in [6.45, 7) is 32.4. The number of hydrogen-bond donors (Lipinski definition) is 2. The van der Waals surface area contributed by atoms with Crippen molar-refractivity contribution >= 4 is 53.6 Å². The van der Waals surface area contributed by atoms with Crippen molar-refractivity contribution in [3.8, 4) is 0 Å². The number of imide groups is 1. The maximum Gasteiger partial charge on any atom is 0.344 e. The van der Waals surface area contributed by atoms with Gasteiger partial charge in [0.15, 0.2) is 13.2 Å². The third-order valence-electron chi connectivity index (χ3n) is 26.5. The summed E-state index contributed by atoms with van der Waals surface area (Å²) in [7, 11) is 0. The third kappa shape index (κ3) is 23.0. The third-order valence-corrected chi connectivity index (χ3v) is 26.5. The number of fused-ring (bicyclic) bond motifs is 2. The predicted molar refractivity (Wildman–Crippen MR) is 430 cm³/mol. The second-order valence-corrected chi connectivity index (χ2v) is 35.4. The van der Waals surface area contributed by atoms with Crippen LogP contribution in [0, 0.1) is 80.3 Å². The first-order chi connectivity index (χ1) is 45.2. The molecule has 12 saturated carbocycles. The van der Waals surface area contributed by atoms with Crippen molar-refractivity contribution in [2.75, 3.05) is 13.2 Å². The van der Waals surface area contributed by atoms with Gasteiger partial charge in [0.2, 0.25) is 11.8 Å². The topological polar surface area (TPSA) is 262 Å². The van der Waals surface area contributed by atoms with Crippen molar-refractivity contribution in [3.63, 3.8) is 0 Å². The lowest BCUT2D eigenvalue weighted by molar-refractivity contribution is -0.262. The Morgan fingerprint density at radius 2 is 0.925 bits per heavy atom. The molecule has 630 valence electrons. The number of carbonyl (C=O) groups excluding carboxylic acids is 9. The highest BCUT2D eigenvalue weighted by atomic mass is 16.6. The second-order valence-electron chi connectivity index (χ2n) is 35.4. The smallest absolute Gasteiger partial charge is 0.344 e. The number of ether oxygens (including phenoxy) is 7. The fourth-order valence-electron chi connectivity index (χ4n) is 18.8. The summed E-state index contributed by atoms with van der Waals surface area (Å²) >= 11 is 0. The van der Waals surface area contributed by atoms with Gasteiger partial charge in [-0.05, 0) is 233 Å². The molecule has 2 amide bonds. The lowest BCUT2D eigenvalue weighted by atomic mass is 9.49. The van der Waals surface area contributed by atoms with E-state index in [0.29, 0.717) is 63.2 Å². The predicted octanol–water partition coefficient (Wildman–Crippen LogP) is 20.1. The summed E-state index contributed by atoms with van der Waals surface area (Å²) < 4.78 is 38.6. The van der Waals surface area contributed by atoms with Crippen LogP contribution in [-0.4, -0.2) is 128 Å². The van der Waals surface area contributed by atoms with E-state index in [4.69, 9.17) is 33.2 Å². The molecule has 19 heteroatoms. The van der Waals surface area contributed by atoms with Gasteiger partial charge in [0.05, 0.1) is 50.7 Å². The Balaban J connectivity index is -0.00000125. The van der Waals surface area contributed by atoms with Crippen molar-refractivity contribution in [3.05, 3.63) is 0 Å². The molecule has 14 rings (SSSR count). The summed E-state index contributed by atoms with van der Waals surface area (Å²) in [5.41, 5.74) is -5.30. The molecular formula is C88H165NO18. The molecule has 2 heterocycles. The maximum absolute atomic E-state index is 12.6. The fourth-order valence-corrected chi connectivity index (χ4v) is 18.8. The van der Waals surface area contributed by atoms with E-state index in [2.05, 4.69) is 20.8 Å². The summed E-state index contributed by atoms with van der Waals surface area (Å²) in [6, 6.07) is 0.232. The van der Waals surface area contributed by atoms with Crippen molar-refractivity contribution in [2.45, 2.75) is 418 Å². The molecule has 0 aromatic rings. The van der Waals surface area contributed by atoms with Gasteiger partial charge < -0.3 is 43.4 Å². The minimum Gasteiger partial charge on any atom is -0.459 e. The minimum absolute atomic E-state index is 0. The number of nitrogens with zero attached hydrogens (tertiary/aromatic N) is 1. The largest absolute Gasteiger partial charge is 0.459 e. The zero-order chi connectivity index (χ0) is 71.9. The van der Waals surface area contributed by atoms with Crippen LogP contribution in [0.25, 0.3) is 0 Å². The molecular weight excluding hydrogens is 1360 g/mol. The summed E-state index contributed by atoms with van der Waals surface area (Å²) in [6.07, 6.45) is 25.2. The number of likely N-dealkylation sites (tertiary alicyclic amines) is 1. The van der Waals surface area contributed by atoms with Crippen LogP contribution < -0.4 is 0 Å². The molecule has 14 aliphatic rings. The molecule has 12 aliphatic carbocycles. The van der Waals surface area contributed by atoms with Gasteiger partial charge in [-0.1, -0.05) is 149 Å². The highest BCUT2D eigenvalue weighted by Crippen LogP contribution is 2.63. The monoisotopic (exact) mass is 1520 g/mol. The molecule has 9 unspecified atom stereocenters. The van der Waals surface area contributed by atoms with E-state index in [1.54, 1.807) is 27.7 Å². The molecule has 2 N–H and O–H groups in total. The van der Waals surface area contributed by atoms with Crippen LogP contribution >= 0.6 is 0 Å². The van der Waals surface area contributed by atoms with E-state index >= 15 is 0 Å². The summed E-state index contributed by atoms with van der Waals surface area (Å²) in [5, 5.41) is 21.3. The lowest BCUT2D eigenvalue weighted by Gasteiger charge is -2.62. The molecule has 0 radical (unpaired) electrons. The van der Waals surface area contributed by atoms with Crippen LogP contribution in [0.15, 0.2) is 0 Å². The summed E-state index contributed by atoms with van der Waals surface area (Å²) in [4.78, 5) is 110. The van der Waals surface area contributed by atoms with Crippen LogP contribution in [-0.2, 0) is 76.3 Å². The van der Waals surface area contributed by atoms with Crippen LogP contribution in [0.3, 0.4) is 0 Å². The SMILES string of the molecule is C.C.C.C.C.C.C.C.C.C.CCC(C)(C)C(=O)N1C(=O)C2CCCC21.CCC(C)(C)C(=O)OC1(CC)C2CC3CC(C2)CC1C3.CCC(C)(C)C(=O)OCC(=O)OC12CC3CC(O)(CC(O)(C3)C1)C2.CCC(C)(C)C(=O)OCC(=O)OC1C2CC3C(=O)OC1C3C2.CCC1(OC(=O)C(C)(C)CC)CCCCC1. The number of β-lactam (4-membered cyclic amide) rings is 1. The van der Waals surface area contributed by atoms with Crippen LogP contribution in [0.2, 0.25) is 0 Å². The Kier molecular flexibility index (Phi) is 40.5. The summed E-state index contributed by atoms with van der Waals surface area (Å²) in [5.74, 6) is 1.79. The van der Waals surface area contributed by atoms with Crippen LogP contribution in [0.4, 0.5) is 0 Å². The van der Waals surface area contributed by atoms with E-state index in [1.807, 2.05) is 69.2 Å². The molecule has 0 aromatic heterocycles. The molecule has 14 fully saturated rings. The maximum atomic E-state index is 12.6. The molecule has 19 nitrogen and oxygen atoms in total. The van der Waals surface area contributed by atoms with Crippen LogP contribution in [0.1, 0.15) is 372 Å². The average molecular weight is 1530 g/mol. The van der Waals surface area contributed by atoms with Gasteiger partial charge >= 0.3 is 41.8 Å². The van der Waals surface area contributed by atoms with E-state index in [9.17, 15) is 53.4 Å². The molecule has 0 aromatic carbocycles. The Morgan fingerprint density at radius 3 is 1.36 bits per heavy atom. The van der Waals surface area contributed by atoms with Crippen LogP contribution in [0.5, 0.6) is 0 Å². The highest BCUT2D eigenvalue weighted by Gasteiger charge is 2.66. The zero-order valence-corrected chi connectivity index (χ0v) is 62.5. The van der Waals surface area contributed by atoms with Crippen molar-refractivity contribution in [1.82, 2.24) is 4.90 Å². The van der Waals surface area contributed by atoms with E-state index in [-0.39, 0.29) is 186 Å². The van der Waals surface area contributed by atoms with Gasteiger partial charge in [0.1, 0.15) is 29.0 Å². The normalized spacial score (nSPS) is 31.6. The van der Waals surface area contributed by atoms with Gasteiger partial charge in [0.25, 0.3) is 0 Å². The van der Waals surface area contributed by atoms with Gasteiger partial charge in [-0.25, -0.2) is 9.59 Å². The first kappa shape index (κ1) is 107. The van der Waals surface area contributed by atoms with Crippen molar-refractivity contribution in [1.29, 1.82) is 0 Å². The van der Waals surface area contributed by atoms with E-state index in [1.165, 1.54) is 56.3 Å². The van der Waals surface area contributed by atoms with Crippen molar-refractivity contribution in [2.24, 2.45) is 80.3 Å². The molecule has 9 atom stereocenters. The fraction of sp³-hybridized carbons (Fsp3) is 0.898. The standard InChI is InChI=1S/C18H28O6.C18H30O2.C16H22O6.C14H26O2.C12H19NO2.10CH4/c1-4-15(2,3)14(20)23-8-13(19)24-18-7-12-5-16(21,10-18)9-17(22,6-12)11-18;1-5-17(3,4)16(19)20-18(6-2)14-8-12-7-13(10-14)11-15(18)9-12;1-4-16(2,3)15(19)20-7-11(17)21-12-8-5-9-10(6-8)14(18)22-13(9)12;1-5-13(3,4)12(15)16-14(6-2)10-8-7-9-11-14;1-4-12(2,3)11(15)13-9-7-5-6-8(9)10(13)14;;;;;;;;;;/h12,21-22H,4-11H2,1-3H3;12-15H,5-11H2,1-4H3;8-10,12-13H,4-7H2,1-3H3;5-11H2,1-4H3;8-9H,4-7H2,1-3H3;10*1H4. The van der Waals surface area contributed by atoms with E-state index in [0.717, 1.165) is 88.9 Å². The molecule has 2 aliphatic heterocycles. The average Bonchev–Trinajstić information content (AvgIpc) is 1.62. The van der Waals surface area contributed by atoms with Gasteiger partial charge in [0, 0.05) is 36.5 Å². The van der Waals surface area contributed by atoms with Crippen molar-refractivity contribution < 1.29 is 86.5 Å². The van der Waals surface area contributed by atoms with E-state index < -0.39 is 58.1 Å². The number of hydrogen-bond acceptors (Lipinski definition) is 18. The Labute approximate surface area is 653 Å². The molecule has 2 saturated heterocycles. The lowest BCUT2D eigenvalue weighted by Crippen LogP contribution is -2.67. The van der Waals surface area contributed by atoms with Gasteiger partial charge in [-0.3, -0.25) is 38.5 Å². The first-order valence-corrected chi connectivity index (χ1v) is 37.9. The molecule has 107 heavy (non-hydrogen) atoms. The number of esters is 7. The van der Waals surface area contributed by atoms with Gasteiger partial charge in [-0.2, -0.15) is 0 Å². The number of amides is 2. The molecule has 10 bridgehead atoms. The molecule has 0 spiro atoms. The number of rotatable bonds is 20. The zero-order valence-electron chi connectivity index (χ0n) is 62.5. The highest BCUT2D eigenvalue weighted by molar-refractivity contribution is 6.04. The Hall–Kier alpha value is -4.65.